The number of para-hydroxylation sites is 1. The maximum Gasteiger partial charge on any atom is 0.283 e. The summed E-state index contributed by atoms with van der Waals surface area (Å²) in [4.78, 5) is 14.7. The van der Waals surface area contributed by atoms with Crippen molar-refractivity contribution < 1.29 is 4.92 Å². The lowest BCUT2D eigenvalue weighted by Crippen LogP contribution is -1.90. The Morgan fingerprint density at radius 3 is 2.88 bits per heavy atom. The minimum absolute atomic E-state index is 0.0973. The third-order valence-corrected chi connectivity index (χ3v) is 3.82. The van der Waals surface area contributed by atoms with Gasteiger partial charge in [-0.05, 0) is 16.9 Å². The lowest BCUT2D eigenvalue weighted by atomic mass is 10.3. The molecule has 1 heterocycles. The lowest BCUT2D eigenvalue weighted by molar-refractivity contribution is -0.387. The Bertz CT molecular complexity index is 489. The molecule has 0 N–H and O–H groups in total. The Hall–Kier alpha value is -1.54. The standard InChI is InChI=1S/C8H6N4O2S2/c13-12(14)7-3-1-2-4-8(7)15-16-11-6-9-5-10-11/h1-6H. The molecule has 82 valence electrons. The van der Waals surface area contributed by atoms with Gasteiger partial charge in [-0.25, -0.2) is 4.98 Å². The zero-order chi connectivity index (χ0) is 11.4. The van der Waals surface area contributed by atoms with Gasteiger partial charge in [-0.2, -0.15) is 4.09 Å². The van der Waals surface area contributed by atoms with Crippen molar-refractivity contribution >= 4 is 27.5 Å². The molecule has 6 nitrogen and oxygen atoms in total. The van der Waals surface area contributed by atoms with Crippen LogP contribution < -0.4 is 0 Å². The smallest absolute Gasteiger partial charge is 0.258 e. The SMILES string of the molecule is O=[N+]([O-])c1ccccc1SSn1cncn1. The summed E-state index contributed by atoms with van der Waals surface area (Å²) in [7, 11) is 2.54. The van der Waals surface area contributed by atoms with E-state index in [0.717, 1.165) is 0 Å². The fourth-order valence-corrected chi connectivity index (χ4v) is 2.81. The van der Waals surface area contributed by atoms with Crippen LogP contribution in [0.25, 0.3) is 0 Å². The molecule has 0 unspecified atom stereocenters. The maximum atomic E-state index is 10.7. The molecule has 1 aromatic heterocycles. The molecular weight excluding hydrogens is 248 g/mol. The van der Waals surface area contributed by atoms with E-state index in [4.69, 9.17) is 0 Å². The largest absolute Gasteiger partial charge is 0.283 e. The summed E-state index contributed by atoms with van der Waals surface area (Å²) in [6.07, 6.45) is 2.94. The van der Waals surface area contributed by atoms with Crippen LogP contribution in [-0.4, -0.2) is 19.1 Å². The summed E-state index contributed by atoms with van der Waals surface area (Å²) in [5.74, 6) is 0. The Kier molecular flexibility index (Phi) is 3.42. The highest BCUT2D eigenvalue weighted by Crippen LogP contribution is 2.36. The molecule has 0 radical (unpaired) electrons. The topological polar surface area (TPSA) is 73.8 Å². The number of hydrogen-bond donors (Lipinski definition) is 0. The molecule has 1 aromatic carbocycles. The van der Waals surface area contributed by atoms with Crippen LogP contribution in [0.1, 0.15) is 0 Å². The van der Waals surface area contributed by atoms with Gasteiger partial charge in [-0.1, -0.05) is 12.1 Å². The summed E-state index contributed by atoms with van der Waals surface area (Å²) in [6, 6.07) is 6.58. The molecule has 8 heteroatoms. The van der Waals surface area contributed by atoms with Crippen molar-refractivity contribution in [2.45, 2.75) is 4.90 Å². The molecular formula is C8H6N4O2S2. The molecule has 0 aliphatic carbocycles. The molecule has 0 bridgehead atoms. The number of hydrogen-bond acceptors (Lipinski definition) is 6. The summed E-state index contributed by atoms with van der Waals surface area (Å²) in [5.41, 5.74) is 0.0973. The quantitative estimate of drug-likeness (QED) is 0.474. The zero-order valence-electron chi connectivity index (χ0n) is 7.89. The van der Waals surface area contributed by atoms with E-state index >= 15 is 0 Å². The van der Waals surface area contributed by atoms with E-state index in [1.807, 2.05) is 0 Å². The van der Waals surface area contributed by atoms with Crippen molar-refractivity contribution in [3.63, 3.8) is 0 Å². The predicted molar refractivity (Wildman–Crippen MR) is 62.0 cm³/mol. The average Bonchev–Trinajstić information content (AvgIpc) is 2.79. The van der Waals surface area contributed by atoms with Crippen LogP contribution >= 0.6 is 21.8 Å². The van der Waals surface area contributed by atoms with Crippen molar-refractivity contribution in [1.29, 1.82) is 0 Å². The van der Waals surface area contributed by atoms with E-state index in [0.29, 0.717) is 4.90 Å². The molecule has 0 aliphatic rings. The Morgan fingerprint density at radius 2 is 2.19 bits per heavy atom. The number of aromatic nitrogens is 3. The predicted octanol–water partition coefficient (Wildman–Crippen LogP) is 2.39. The third kappa shape index (κ3) is 2.52. The van der Waals surface area contributed by atoms with E-state index in [1.165, 1.54) is 44.6 Å². The summed E-state index contributed by atoms with van der Waals surface area (Å²) in [5, 5.41) is 14.6. The van der Waals surface area contributed by atoms with Gasteiger partial charge in [-0.3, -0.25) is 10.1 Å². The molecule has 2 aromatic rings. The van der Waals surface area contributed by atoms with Crippen molar-refractivity contribution in [3.05, 3.63) is 47.0 Å². The monoisotopic (exact) mass is 254 g/mol. The summed E-state index contributed by atoms with van der Waals surface area (Å²) in [6.45, 7) is 0. The van der Waals surface area contributed by atoms with Crippen LogP contribution in [0.15, 0.2) is 41.8 Å². The second-order valence-electron chi connectivity index (χ2n) is 2.68. The second-order valence-corrected chi connectivity index (χ2v) is 4.76. The average molecular weight is 254 g/mol. The second kappa shape index (κ2) is 4.99. The highest BCUT2D eigenvalue weighted by Gasteiger charge is 2.13. The molecule has 0 fully saturated rings. The van der Waals surface area contributed by atoms with Gasteiger partial charge in [0, 0.05) is 6.07 Å². The maximum absolute atomic E-state index is 10.7. The van der Waals surface area contributed by atoms with Gasteiger partial charge >= 0.3 is 0 Å². The number of nitro benzene ring substituents is 1. The fourth-order valence-electron chi connectivity index (χ4n) is 0.993. The van der Waals surface area contributed by atoms with E-state index in [1.54, 1.807) is 18.2 Å². The highest BCUT2D eigenvalue weighted by atomic mass is 33.1. The van der Waals surface area contributed by atoms with Gasteiger partial charge in [0.25, 0.3) is 5.69 Å². The van der Waals surface area contributed by atoms with Crippen LogP contribution in [0.3, 0.4) is 0 Å². The van der Waals surface area contributed by atoms with Crippen molar-refractivity contribution in [2.75, 3.05) is 0 Å². The number of nitrogens with zero attached hydrogens (tertiary/aromatic N) is 4. The Labute approximate surface area is 98.7 Å². The molecule has 0 amide bonds. The molecule has 2 rings (SSSR count). The normalized spacial score (nSPS) is 10.2. The molecule has 0 aliphatic heterocycles. The first-order valence-electron chi connectivity index (χ1n) is 4.20. The summed E-state index contributed by atoms with van der Waals surface area (Å²) >= 11 is 0. The van der Waals surface area contributed by atoms with E-state index in [9.17, 15) is 10.1 Å². The van der Waals surface area contributed by atoms with Crippen LogP contribution in [0.5, 0.6) is 0 Å². The van der Waals surface area contributed by atoms with Gasteiger partial charge < -0.3 is 0 Å². The first kappa shape index (κ1) is 11.0. The van der Waals surface area contributed by atoms with Gasteiger partial charge in [0.15, 0.2) is 0 Å². The third-order valence-electron chi connectivity index (χ3n) is 1.66. The Morgan fingerprint density at radius 1 is 1.38 bits per heavy atom. The molecule has 16 heavy (non-hydrogen) atoms. The van der Waals surface area contributed by atoms with Crippen LogP contribution in [0.4, 0.5) is 5.69 Å². The minimum Gasteiger partial charge on any atom is -0.258 e. The number of benzene rings is 1. The van der Waals surface area contributed by atoms with E-state index < -0.39 is 4.92 Å². The van der Waals surface area contributed by atoms with E-state index in [-0.39, 0.29) is 5.69 Å². The first-order valence-corrected chi connectivity index (χ1v) is 6.31. The highest BCUT2D eigenvalue weighted by molar-refractivity contribution is 8.76. The molecule has 0 atom stereocenters. The minimum atomic E-state index is -0.399. The van der Waals surface area contributed by atoms with Crippen molar-refractivity contribution in [1.82, 2.24) is 14.2 Å². The molecule has 0 spiro atoms. The van der Waals surface area contributed by atoms with Crippen LogP contribution in [0, 0.1) is 10.1 Å². The van der Waals surface area contributed by atoms with Crippen LogP contribution in [0.2, 0.25) is 0 Å². The van der Waals surface area contributed by atoms with Gasteiger partial charge in [0.05, 0.1) is 20.8 Å². The number of rotatable bonds is 4. The Balaban J connectivity index is 2.12. The summed E-state index contributed by atoms with van der Waals surface area (Å²) < 4.78 is 1.53. The van der Waals surface area contributed by atoms with Crippen molar-refractivity contribution in [3.8, 4) is 0 Å². The zero-order valence-corrected chi connectivity index (χ0v) is 9.52. The van der Waals surface area contributed by atoms with Gasteiger partial charge in [0.1, 0.15) is 12.7 Å². The molecule has 0 saturated carbocycles. The number of nitro groups is 1. The van der Waals surface area contributed by atoms with Gasteiger partial charge in [-0.15, -0.1) is 5.10 Å². The van der Waals surface area contributed by atoms with Gasteiger partial charge in [0.2, 0.25) is 0 Å². The first-order chi connectivity index (χ1) is 7.77. The van der Waals surface area contributed by atoms with Crippen LogP contribution in [-0.2, 0) is 0 Å². The fraction of sp³-hybridized carbons (Fsp3) is 0. The molecule has 0 saturated heterocycles. The lowest BCUT2D eigenvalue weighted by Gasteiger charge is -2.00. The van der Waals surface area contributed by atoms with Crippen molar-refractivity contribution in [2.24, 2.45) is 0 Å². The van der Waals surface area contributed by atoms with E-state index in [2.05, 4.69) is 10.1 Å².